The van der Waals surface area contributed by atoms with Gasteiger partial charge in [0.1, 0.15) is 5.75 Å². The lowest BCUT2D eigenvalue weighted by Crippen LogP contribution is -2.33. The van der Waals surface area contributed by atoms with Gasteiger partial charge < -0.3 is 15.3 Å². The number of likely N-dealkylation sites (N-methyl/N-ethyl adjacent to an activating group) is 1. The van der Waals surface area contributed by atoms with Gasteiger partial charge in [0.05, 0.1) is 5.02 Å². The first-order chi connectivity index (χ1) is 8.41. The quantitative estimate of drug-likeness (QED) is 0.790. The molecular weight excluding hydrogens is 271 g/mol. The van der Waals surface area contributed by atoms with Gasteiger partial charge in [-0.3, -0.25) is 0 Å². The molecule has 3 nitrogen and oxygen atoms in total. The Morgan fingerprint density at radius 3 is 2.61 bits per heavy atom. The van der Waals surface area contributed by atoms with Gasteiger partial charge in [-0.25, -0.2) is 0 Å². The molecule has 0 unspecified atom stereocenters. The number of aromatic hydroxyl groups is 1. The molecule has 0 atom stereocenters. The highest BCUT2D eigenvalue weighted by atomic mass is 35.5. The maximum absolute atomic E-state index is 9.78. The average Bonchev–Trinajstić information content (AvgIpc) is 2.29. The topological polar surface area (TPSA) is 35.5 Å². The summed E-state index contributed by atoms with van der Waals surface area (Å²) in [7, 11) is 2.08. The molecule has 0 bridgehead atoms. The third-order valence-electron chi connectivity index (χ3n) is 2.95. The molecule has 0 aliphatic carbocycles. The van der Waals surface area contributed by atoms with Crippen molar-refractivity contribution in [2.75, 3.05) is 20.1 Å². The van der Waals surface area contributed by atoms with E-state index in [1.54, 1.807) is 6.07 Å². The third kappa shape index (κ3) is 4.65. The van der Waals surface area contributed by atoms with Gasteiger partial charge in [-0.2, -0.15) is 0 Å². The van der Waals surface area contributed by atoms with Crippen LogP contribution in [0.25, 0.3) is 0 Å². The second kappa shape index (κ2) is 7.19. The second-order valence-corrected chi connectivity index (χ2v) is 5.49. The van der Waals surface area contributed by atoms with Crippen molar-refractivity contribution in [3.8, 4) is 5.75 Å². The van der Waals surface area contributed by atoms with E-state index in [9.17, 15) is 5.11 Å². The Kier molecular flexibility index (Phi) is 6.22. The maximum Gasteiger partial charge on any atom is 0.138 e. The highest BCUT2D eigenvalue weighted by Crippen LogP contribution is 2.30. The Morgan fingerprint density at radius 1 is 1.33 bits per heavy atom. The van der Waals surface area contributed by atoms with Gasteiger partial charge in [0.15, 0.2) is 0 Å². The van der Waals surface area contributed by atoms with Gasteiger partial charge in [0, 0.05) is 36.3 Å². The molecule has 2 N–H and O–H groups in total. The molecule has 0 amide bonds. The number of phenolic OH excluding ortho intramolecular Hbond substituents is 1. The minimum Gasteiger partial charge on any atom is -0.506 e. The van der Waals surface area contributed by atoms with Gasteiger partial charge in [-0.1, -0.05) is 23.2 Å². The number of halogens is 2. The average molecular weight is 291 g/mol. The van der Waals surface area contributed by atoms with Crippen LogP contribution in [0.4, 0.5) is 0 Å². The van der Waals surface area contributed by atoms with E-state index in [1.165, 1.54) is 6.07 Å². The van der Waals surface area contributed by atoms with Crippen molar-refractivity contribution in [1.29, 1.82) is 0 Å². The van der Waals surface area contributed by atoms with Crippen molar-refractivity contribution < 1.29 is 5.11 Å². The van der Waals surface area contributed by atoms with Crippen molar-refractivity contribution in [2.24, 2.45) is 0 Å². The van der Waals surface area contributed by atoms with Crippen molar-refractivity contribution in [2.45, 2.75) is 26.4 Å². The van der Waals surface area contributed by atoms with Gasteiger partial charge in [0.2, 0.25) is 0 Å². The zero-order chi connectivity index (χ0) is 13.7. The first kappa shape index (κ1) is 15.6. The van der Waals surface area contributed by atoms with Crippen LogP contribution in [0.3, 0.4) is 0 Å². The summed E-state index contributed by atoms with van der Waals surface area (Å²) in [5.74, 6) is 0.103. The van der Waals surface area contributed by atoms with E-state index in [4.69, 9.17) is 23.2 Å². The summed E-state index contributed by atoms with van der Waals surface area (Å²) in [4.78, 5) is 2.25. The van der Waals surface area contributed by atoms with Crippen LogP contribution in [0.2, 0.25) is 10.0 Å². The van der Waals surface area contributed by atoms with Crippen molar-refractivity contribution in [3.63, 3.8) is 0 Å². The molecule has 0 aromatic heterocycles. The highest BCUT2D eigenvalue weighted by molar-refractivity contribution is 6.35. The summed E-state index contributed by atoms with van der Waals surface area (Å²) in [6.45, 7) is 6.66. The minimum atomic E-state index is 0.103. The van der Waals surface area contributed by atoms with Crippen LogP contribution in [0.5, 0.6) is 5.75 Å². The third-order valence-corrected chi connectivity index (χ3v) is 3.45. The lowest BCUT2D eigenvalue weighted by atomic mass is 10.2. The molecule has 0 heterocycles. The van der Waals surface area contributed by atoms with Crippen molar-refractivity contribution in [1.82, 2.24) is 10.2 Å². The van der Waals surface area contributed by atoms with Gasteiger partial charge >= 0.3 is 0 Å². The fourth-order valence-corrected chi connectivity index (χ4v) is 2.03. The molecule has 0 spiro atoms. The molecular formula is C13H20Cl2N2O. The highest BCUT2D eigenvalue weighted by Gasteiger charge is 2.08. The maximum atomic E-state index is 9.78. The van der Waals surface area contributed by atoms with Gasteiger partial charge in [0.25, 0.3) is 0 Å². The van der Waals surface area contributed by atoms with Crippen molar-refractivity contribution in [3.05, 3.63) is 27.7 Å². The Hall–Kier alpha value is -0.480. The standard InChI is InChI=1S/C13H20Cl2N2O/c1-9(2)17(3)5-4-16-8-10-6-11(14)7-12(15)13(10)18/h6-7,9,16,18H,4-5,8H2,1-3H3. The molecule has 5 heteroatoms. The smallest absolute Gasteiger partial charge is 0.138 e. The van der Waals surface area contributed by atoms with E-state index >= 15 is 0 Å². The number of hydrogen-bond donors (Lipinski definition) is 2. The lowest BCUT2D eigenvalue weighted by Gasteiger charge is -2.21. The summed E-state index contributed by atoms with van der Waals surface area (Å²) >= 11 is 11.7. The Morgan fingerprint density at radius 2 is 2.00 bits per heavy atom. The van der Waals surface area contributed by atoms with Crippen LogP contribution in [0, 0.1) is 0 Å². The number of nitrogens with one attached hydrogen (secondary N) is 1. The summed E-state index contributed by atoms with van der Waals surface area (Å²) in [6, 6.07) is 3.79. The second-order valence-electron chi connectivity index (χ2n) is 4.65. The molecule has 102 valence electrons. The van der Waals surface area contributed by atoms with Crippen LogP contribution in [-0.2, 0) is 6.54 Å². The zero-order valence-corrected chi connectivity index (χ0v) is 12.5. The molecule has 1 aromatic carbocycles. The normalized spacial score (nSPS) is 11.5. The Bertz CT molecular complexity index is 397. The fraction of sp³-hybridized carbons (Fsp3) is 0.538. The molecule has 0 aliphatic heterocycles. The van der Waals surface area contributed by atoms with Crippen molar-refractivity contribution >= 4 is 23.2 Å². The first-order valence-electron chi connectivity index (χ1n) is 5.99. The Balaban J connectivity index is 2.45. The van der Waals surface area contributed by atoms with Crippen LogP contribution in [0.1, 0.15) is 19.4 Å². The zero-order valence-electron chi connectivity index (χ0n) is 11.0. The van der Waals surface area contributed by atoms with E-state index < -0.39 is 0 Å². The van der Waals surface area contributed by atoms with E-state index in [0.717, 1.165) is 18.7 Å². The largest absolute Gasteiger partial charge is 0.506 e. The van der Waals surface area contributed by atoms with E-state index in [0.29, 0.717) is 22.6 Å². The van der Waals surface area contributed by atoms with Crippen LogP contribution >= 0.6 is 23.2 Å². The van der Waals surface area contributed by atoms with E-state index in [-0.39, 0.29) is 5.75 Å². The monoisotopic (exact) mass is 290 g/mol. The van der Waals surface area contributed by atoms with E-state index in [1.807, 2.05) is 0 Å². The minimum absolute atomic E-state index is 0.103. The predicted molar refractivity (Wildman–Crippen MR) is 77.6 cm³/mol. The first-order valence-corrected chi connectivity index (χ1v) is 6.75. The van der Waals surface area contributed by atoms with Crippen LogP contribution in [-0.4, -0.2) is 36.2 Å². The molecule has 18 heavy (non-hydrogen) atoms. The van der Waals surface area contributed by atoms with Gasteiger partial charge in [-0.15, -0.1) is 0 Å². The summed E-state index contributed by atoms with van der Waals surface area (Å²) in [5, 5.41) is 13.9. The summed E-state index contributed by atoms with van der Waals surface area (Å²) in [6.07, 6.45) is 0. The van der Waals surface area contributed by atoms with Crippen LogP contribution in [0.15, 0.2) is 12.1 Å². The lowest BCUT2D eigenvalue weighted by molar-refractivity contribution is 0.273. The Labute approximate surface area is 119 Å². The number of nitrogens with zero attached hydrogens (tertiary/aromatic N) is 1. The molecule has 0 saturated heterocycles. The van der Waals surface area contributed by atoms with Crippen LogP contribution < -0.4 is 5.32 Å². The summed E-state index contributed by atoms with van der Waals surface area (Å²) in [5.41, 5.74) is 0.722. The number of phenols is 1. The number of hydrogen-bond acceptors (Lipinski definition) is 3. The molecule has 1 aromatic rings. The molecule has 1 rings (SSSR count). The predicted octanol–water partition coefficient (Wildman–Crippen LogP) is 3.13. The SMILES string of the molecule is CC(C)N(C)CCNCc1cc(Cl)cc(Cl)c1O. The molecule has 0 aliphatic rings. The number of benzene rings is 1. The number of rotatable bonds is 6. The molecule has 0 radical (unpaired) electrons. The summed E-state index contributed by atoms with van der Waals surface area (Å²) < 4.78 is 0. The fourth-order valence-electron chi connectivity index (χ4n) is 1.49. The van der Waals surface area contributed by atoms with Gasteiger partial charge in [-0.05, 0) is 33.0 Å². The molecule has 0 saturated carbocycles. The molecule has 0 fully saturated rings. The van der Waals surface area contributed by atoms with E-state index in [2.05, 4.69) is 31.1 Å².